The quantitative estimate of drug-likeness (QED) is 0.396. The van der Waals surface area contributed by atoms with Gasteiger partial charge in [0.15, 0.2) is 11.8 Å². The number of nitrogens with zero attached hydrogens (tertiary/aromatic N) is 3. The van der Waals surface area contributed by atoms with Crippen LogP contribution in [0.4, 0.5) is 0 Å². The van der Waals surface area contributed by atoms with Crippen LogP contribution in [-0.4, -0.2) is 40.8 Å². The second kappa shape index (κ2) is 9.66. The van der Waals surface area contributed by atoms with Gasteiger partial charge in [-0.15, -0.1) is 11.3 Å². The molecule has 3 N–H and O–H groups in total. The fourth-order valence-electron chi connectivity index (χ4n) is 2.67. The van der Waals surface area contributed by atoms with E-state index in [0.717, 1.165) is 22.6 Å². The average Bonchev–Trinajstić information content (AvgIpc) is 3.32. The molecule has 0 saturated heterocycles. The Hall–Kier alpha value is -2.45. The van der Waals surface area contributed by atoms with Gasteiger partial charge in [0.25, 0.3) is 0 Å². The lowest BCUT2D eigenvalue weighted by atomic mass is 10.2. The molecule has 0 radical (unpaired) electrons. The number of guanidine groups is 1. The molecule has 8 heteroatoms. The van der Waals surface area contributed by atoms with Gasteiger partial charge in [-0.2, -0.15) is 4.98 Å². The molecule has 0 aliphatic carbocycles. The van der Waals surface area contributed by atoms with E-state index >= 15 is 0 Å². The third kappa shape index (κ3) is 5.30. The van der Waals surface area contributed by atoms with Crippen molar-refractivity contribution in [3.05, 3.63) is 46.9 Å². The molecule has 7 nitrogen and oxygen atoms in total. The van der Waals surface area contributed by atoms with E-state index in [0.29, 0.717) is 31.4 Å². The molecule has 1 unspecified atom stereocenters. The Morgan fingerprint density at radius 2 is 2.11 bits per heavy atom. The molecule has 28 heavy (non-hydrogen) atoms. The Balaban J connectivity index is 1.55. The van der Waals surface area contributed by atoms with Crippen molar-refractivity contribution < 1.29 is 9.63 Å². The minimum Gasteiger partial charge on any atom is -0.386 e. The number of fused-ring (bicyclic) bond motifs is 1. The summed E-state index contributed by atoms with van der Waals surface area (Å²) in [5, 5.41) is 22.1. The van der Waals surface area contributed by atoms with Crippen molar-refractivity contribution in [3.8, 4) is 0 Å². The Kier molecular flexibility index (Phi) is 7.00. The Labute approximate surface area is 168 Å². The SMILES string of the molecule is CCNC(=NCC(O)c1cc2ccccc2s1)NCCc1nc(C(C)C)no1. The van der Waals surface area contributed by atoms with E-state index in [-0.39, 0.29) is 5.92 Å². The van der Waals surface area contributed by atoms with Gasteiger partial charge in [-0.3, -0.25) is 4.99 Å². The summed E-state index contributed by atoms with van der Waals surface area (Å²) >= 11 is 1.60. The number of aliphatic hydroxyl groups is 1. The van der Waals surface area contributed by atoms with Crippen LogP contribution < -0.4 is 10.6 Å². The highest BCUT2D eigenvalue weighted by atomic mass is 32.1. The number of rotatable bonds is 8. The minimum absolute atomic E-state index is 0.250. The van der Waals surface area contributed by atoms with Crippen LogP contribution >= 0.6 is 11.3 Å². The zero-order valence-corrected chi connectivity index (χ0v) is 17.3. The number of hydrogen-bond donors (Lipinski definition) is 3. The molecular formula is C20H27N5O2S. The van der Waals surface area contributed by atoms with E-state index in [1.807, 2.05) is 39.0 Å². The first kappa shape index (κ1) is 20.3. The molecule has 2 heterocycles. The van der Waals surface area contributed by atoms with Crippen LogP contribution in [0.5, 0.6) is 0 Å². The van der Waals surface area contributed by atoms with E-state index < -0.39 is 6.10 Å². The summed E-state index contributed by atoms with van der Waals surface area (Å²) in [6.07, 6.45) is -0.0133. The van der Waals surface area contributed by atoms with Crippen molar-refractivity contribution >= 4 is 27.4 Å². The Bertz CT molecular complexity index is 885. The van der Waals surface area contributed by atoms with E-state index in [1.165, 1.54) is 4.70 Å². The third-order valence-electron chi connectivity index (χ3n) is 4.17. The Morgan fingerprint density at radius 1 is 1.29 bits per heavy atom. The lowest BCUT2D eigenvalue weighted by molar-refractivity contribution is 0.191. The van der Waals surface area contributed by atoms with Crippen LogP contribution in [0.3, 0.4) is 0 Å². The average molecular weight is 402 g/mol. The van der Waals surface area contributed by atoms with Crippen molar-refractivity contribution in [2.24, 2.45) is 4.99 Å². The fraction of sp³-hybridized carbons (Fsp3) is 0.450. The second-order valence-corrected chi connectivity index (χ2v) is 7.92. The largest absolute Gasteiger partial charge is 0.386 e. The summed E-state index contributed by atoms with van der Waals surface area (Å²) in [6.45, 7) is 7.72. The molecule has 3 rings (SSSR count). The normalized spacial score (nSPS) is 13.2. The number of aliphatic imine (C=N–C) groups is 1. The summed E-state index contributed by atoms with van der Waals surface area (Å²) in [6, 6.07) is 10.2. The zero-order valence-electron chi connectivity index (χ0n) is 16.5. The first-order valence-electron chi connectivity index (χ1n) is 9.58. The van der Waals surface area contributed by atoms with Crippen molar-refractivity contribution in [2.75, 3.05) is 19.6 Å². The number of aliphatic hydroxyl groups excluding tert-OH is 1. The van der Waals surface area contributed by atoms with Crippen molar-refractivity contribution in [1.82, 2.24) is 20.8 Å². The summed E-state index contributed by atoms with van der Waals surface area (Å²) in [4.78, 5) is 9.80. The lowest BCUT2D eigenvalue weighted by Crippen LogP contribution is -2.38. The van der Waals surface area contributed by atoms with E-state index in [9.17, 15) is 5.11 Å². The maximum absolute atomic E-state index is 10.5. The van der Waals surface area contributed by atoms with Crippen molar-refractivity contribution in [2.45, 2.75) is 39.2 Å². The van der Waals surface area contributed by atoms with Crippen LogP contribution in [0.15, 0.2) is 39.8 Å². The highest BCUT2D eigenvalue weighted by Gasteiger charge is 2.12. The summed E-state index contributed by atoms with van der Waals surface area (Å²) in [5.74, 6) is 2.24. The molecule has 0 spiro atoms. The molecule has 0 bridgehead atoms. The molecule has 2 aromatic heterocycles. The molecule has 0 aliphatic rings. The van der Waals surface area contributed by atoms with Crippen LogP contribution in [0.1, 0.15) is 49.4 Å². The molecule has 0 fully saturated rings. The van der Waals surface area contributed by atoms with Gasteiger partial charge in [0.1, 0.15) is 6.10 Å². The predicted octanol–water partition coefficient (Wildman–Crippen LogP) is 3.24. The van der Waals surface area contributed by atoms with Crippen LogP contribution in [0, 0.1) is 0 Å². The van der Waals surface area contributed by atoms with Crippen LogP contribution in [0.25, 0.3) is 10.1 Å². The van der Waals surface area contributed by atoms with Gasteiger partial charge < -0.3 is 20.3 Å². The minimum atomic E-state index is -0.627. The van der Waals surface area contributed by atoms with Gasteiger partial charge in [0, 0.05) is 35.0 Å². The molecule has 0 saturated carbocycles. The third-order valence-corrected chi connectivity index (χ3v) is 5.39. The number of nitrogens with one attached hydrogen (secondary N) is 2. The molecule has 150 valence electrons. The first-order chi connectivity index (χ1) is 13.6. The van der Waals surface area contributed by atoms with Crippen molar-refractivity contribution in [1.29, 1.82) is 0 Å². The van der Waals surface area contributed by atoms with E-state index in [2.05, 4.69) is 37.9 Å². The van der Waals surface area contributed by atoms with Gasteiger partial charge >= 0.3 is 0 Å². The molecule has 1 atom stereocenters. The first-order valence-corrected chi connectivity index (χ1v) is 10.4. The van der Waals surface area contributed by atoms with E-state index in [4.69, 9.17) is 4.52 Å². The molecular weight excluding hydrogens is 374 g/mol. The maximum atomic E-state index is 10.5. The number of benzene rings is 1. The number of thiophene rings is 1. The van der Waals surface area contributed by atoms with Gasteiger partial charge in [-0.25, -0.2) is 0 Å². The Morgan fingerprint density at radius 3 is 2.82 bits per heavy atom. The van der Waals surface area contributed by atoms with Gasteiger partial charge in [0.2, 0.25) is 5.89 Å². The van der Waals surface area contributed by atoms with E-state index in [1.54, 1.807) is 11.3 Å². The van der Waals surface area contributed by atoms with Gasteiger partial charge in [-0.1, -0.05) is 37.2 Å². The highest BCUT2D eigenvalue weighted by Crippen LogP contribution is 2.29. The van der Waals surface area contributed by atoms with Gasteiger partial charge in [-0.05, 0) is 24.4 Å². The highest BCUT2D eigenvalue weighted by molar-refractivity contribution is 7.19. The lowest BCUT2D eigenvalue weighted by Gasteiger charge is -2.12. The van der Waals surface area contributed by atoms with Gasteiger partial charge in [0.05, 0.1) is 6.54 Å². The predicted molar refractivity (Wildman–Crippen MR) is 113 cm³/mol. The number of hydrogen-bond acceptors (Lipinski definition) is 6. The standard InChI is InChI=1S/C20H27N5O2S/c1-4-21-20(22-10-9-18-24-19(13(2)3)25-27-18)23-12-15(26)17-11-14-7-5-6-8-16(14)28-17/h5-8,11,13,15,26H,4,9-10,12H2,1-3H3,(H2,21,22,23). The summed E-state index contributed by atoms with van der Waals surface area (Å²) in [7, 11) is 0. The van der Waals surface area contributed by atoms with Crippen LogP contribution in [0.2, 0.25) is 0 Å². The fourth-order valence-corrected chi connectivity index (χ4v) is 3.71. The van der Waals surface area contributed by atoms with Crippen LogP contribution in [-0.2, 0) is 6.42 Å². The zero-order chi connectivity index (χ0) is 19.9. The molecule has 0 aliphatic heterocycles. The summed E-state index contributed by atoms with van der Waals surface area (Å²) in [5.41, 5.74) is 0. The second-order valence-electron chi connectivity index (χ2n) is 6.80. The topological polar surface area (TPSA) is 95.6 Å². The number of aromatic nitrogens is 2. The van der Waals surface area contributed by atoms with Crippen molar-refractivity contribution in [3.63, 3.8) is 0 Å². The smallest absolute Gasteiger partial charge is 0.228 e. The molecule has 0 amide bonds. The molecule has 1 aromatic carbocycles. The summed E-state index contributed by atoms with van der Waals surface area (Å²) < 4.78 is 6.42. The molecule has 3 aromatic rings. The monoisotopic (exact) mass is 401 g/mol. The maximum Gasteiger partial charge on any atom is 0.228 e.